The number of carbonyl (C=O) groups is 3. The molecule has 0 radical (unpaired) electrons. The molecule has 0 saturated heterocycles. The van der Waals surface area contributed by atoms with Gasteiger partial charge in [-0.1, -0.05) is 12.1 Å². The van der Waals surface area contributed by atoms with E-state index in [1.54, 1.807) is 36.0 Å². The van der Waals surface area contributed by atoms with Crippen molar-refractivity contribution in [3.8, 4) is 0 Å². The lowest BCUT2D eigenvalue weighted by molar-refractivity contribution is -0.116. The van der Waals surface area contributed by atoms with Crippen molar-refractivity contribution in [3.05, 3.63) is 59.7 Å². The zero-order chi connectivity index (χ0) is 17.8. The number of hydrogen-bond donors (Lipinski definition) is 1. The Morgan fingerprint density at radius 3 is 2.16 bits per heavy atom. The molecule has 25 heavy (non-hydrogen) atoms. The van der Waals surface area contributed by atoms with Gasteiger partial charge in [-0.3, -0.25) is 19.3 Å². The lowest BCUT2D eigenvalue weighted by Gasteiger charge is -2.13. The van der Waals surface area contributed by atoms with Crippen molar-refractivity contribution in [1.29, 1.82) is 0 Å². The summed E-state index contributed by atoms with van der Waals surface area (Å²) in [6, 6.07) is 14.4. The average molecular weight is 354 g/mol. The minimum atomic E-state index is -0.284. The minimum absolute atomic E-state index is 0.131. The number of hydrogen-bond acceptors (Lipinski definition) is 4. The van der Waals surface area contributed by atoms with E-state index in [2.05, 4.69) is 5.32 Å². The molecular weight excluding hydrogens is 336 g/mol. The van der Waals surface area contributed by atoms with Crippen molar-refractivity contribution < 1.29 is 14.4 Å². The fourth-order valence-corrected chi connectivity index (χ4v) is 3.15. The SMILES string of the molecule is CSc1ccc(NC(=O)CCCN2C(=O)c3ccccc3C2=O)cc1. The number of fused-ring (bicyclic) bond motifs is 1. The van der Waals surface area contributed by atoms with Crippen LogP contribution in [0.25, 0.3) is 0 Å². The molecule has 2 aromatic carbocycles. The highest BCUT2D eigenvalue weighted by Gasteiger charge is 2.34. The number of nitrogens with zero attached hydrogens (tertiary/aromatic N) is 1. The first kappa shape index (κ1) is 17.2. The summed E-state index contributed by atoms with van der Waals surface area (Å²) in [6.07, 6.45) is 2.67. The third-order valence-electron chi connectivity index (χ3n) is 4.04. The number of amides is 3. The Hall–Kier alpha value is -2.60. The molecule has 1 heterocycles. The molecule has 1 aliphatic rings. The summed E-state index contributed by atoms with van der Waals surface area (Å²) in [5.74, 6) is -0.698. The van der Waals surface area contributed by atoms with Gasteiger partial charge in [-0.05, 0) is 49.1 Å². The smallest absolute Gasteiger partial charge is 0.261 e. The fraction of sp³-hybridized carbons (Fsp3) is 0.211. The molecule has 1 aliphatic heterocycles. The first-order chi connectivity index (χ1) is 12.1. The van der Waals surface area contributed by atoms with E-state index in [0.29, 0.717) is 17.5 Å². The maximum Gasteiger partial charge on any atom is 0.261 e. The largest absolute Gasteiger partial charge is 0.326 e. The monoisotopic (exact) mass is 354 g/mol. The summed E-state index contributed by atoms with van der Waals surface area (Å²) in [5.41, 5.74) is 1.61. The number of benzene rings is 2. The number of nitrogens with one attached hydrogen (secondary N) is 1. The van der Waals surface area contributed by atoms with Crippen LogP contribution in [-0.4, -0.2) is 35.4 Å². The topological polar surface area (TPSA) is 66.5 Å². The zero-order valence-electron chi connectivity index (χ0n) is 13.8. The van der Waals surface area contributed by atoms with Crippen LogP contribution in [0.1, 0.15) is 33.6 Å². The first-order valence-electron chi connectivity index (χ1n) is 7.99. The van der Waals surface area contributed by atoms with E-state index in [1.807, 2.05) is 30.5 Å². The van der Waals surface area contributed by atoms with Crippen molar-refractivity contribution >= 4 is 35.2 Å². The Morgan fingerprint density at radius 2 is 1.60 bits per heavy atom. The zero-order valence-corrected chi connectivity index (χ0v) is 14.6. The second kappa shape index (κ2) is 7.53. The molecule has 6 heteroatoms. The highest BCUT2D eigenvalue weighted by molar-refractivity contribution is 7.98. The molecule has 0 aliphatic carbocycles. The van der Waals surface area contributed by atoms with Crippen molar-refractivity contribution in [2.45, 2.75) is 17.7 Å². The lowest BCUT2D eigenvalue weighted by Crippen LogP contribution is -2.31. The summed E-state index contributed by atoms with van der Waals surface area (Å²) in [4.78, 5) is 38.8. The van der Waals surface area contributed by atoms with Gasteiger partial charge >= 0.3 is 0 Å². The summed E-state index contributed by atoms with van der Waals surface area (Å²) in [5, 5.41) is 2.82. The molecule has 0 spiro atoms. The normalized spacial score (nSPS) is 13.1. The van der Waals surface area contributed by atoms with Crippen molar-refractivity contribution in [3.63, 3.8) is 0 Å². The maximum atomic E-state index is 12.2. The Balaban J connectivity index is 1.50. The highest BCUT2D eigenvalue weighted by Crippen LogP contribution is 2.23. The molecule has 0 saturated carbocycles. The molecule has 0 bridgehead atoms. The van der Waals surface area contributed by atoms with Crippen LogP contribution in [0.3, 0.4) is 0 Å². The average Bonchev–Trinajstić information content (AvgIpc) is 2.87. The standard InChI is InChI=1S/C19H18N2O3S/c1-25-14-10-8-13(9-11-14)20-17(22)7-4-12-21-18(23)15-5-2-3-6-16(15)19(21)24/h2-3,5-6,8-11H,4,7,12H2,1H3,(H,20,22). The number of carbonyl (C=O) groups excluding carboxylic acids is 3. The second-order valence-electron chi connectivity index (χ2n) is 5.69. The van der Waals surface area contributed by atoms with Gasteiger partial charge in [0.15, 0.2) is 0 Å². The molecule has 128 valence electrons. The molecule has 0 atom stereocenters. The van der Waals surface area contributed by atoms with Crippen molar-refractivity contribution in [2.24, 2.45) is 0 Å². The fourth-order valence-electron chi connectivity index (χ4n) is 2.74. The predicted molar refractivity (Wildman–Crippen MR) is 97.9 cm³/mol. The second-order valence-corrected chi connectivity index (χ2v) is 6.57. The van der Waals surface area contributed by atoms with Crippen LogP contribution in [0, 0.1) is 0 Å². The Bertz CT molecular complexity index is 783. The van der Waals surface area contributed by atoms with Gasteiger partial charge in [-0.2, -0.15) is 0 Å². The van der Waals surface area contributed by atoms with Gasteiger partial charge in [-0.15, -0.1) is 11.8 Å². The highest BCUT2D eigenvalue weighted by atomic mass is 32.2. The van der Waals surface area contributed by atoms with Crippen LogP contribution in [0.4, 0.5) is 5.69 Å². The number of anilines is 1. The van der Waals surface area contributed by atoms with E-state index in [9.17, 15) is 14.4 Å². The van der Waals surface area contributed by atoms with Gasteiger partial charge in [-0.25, -0.2) is 0 Å². The van der Waals surface area contributed by atoms with Crippen LogP contribution in [0.15, 0.2) is 53.4 Å². The van der Waals surface area contributed by atoms with E-state index in [1.165, 1.54) is 4.90 Å². The van der Waals surface area contributed by atoms with Crippen LogP contribution in [-0.2, 0) is 4.79 Å². The summed E-state index contributed by atoms with van der Waals surface area (Å²) >= 11 is 1.64. The van der Waals surface area contributed by atoms with Gasteiger partial charge in [0.1, 0.15) is 0 Å². The van der Waals surface area contributed by atoms with E-state index in [0.717, 1.165) is 10.6 Å². The molecule has 2 aromatic rings. The van der Waals surface area contributed by atoms with Gasteiger partial charge in [0.25, 0.3) is 11.8 Å². The number of imide groups is 1. The molecule has 0 unspecified atom stereocenters. The maximum absolute atomic E-state index is 12.2. The van der Waals surface area contributed by atoms with Crippen LogP contribution >= 0.6 is 11.8 Å². The Kier molecular flexibility index (Phi) is 5.19. The number of rotatable bonds is 6. The van der Waals surface area contributed by atoms with Crippen molar-refractivity contribution in [1.82, 2.24) is 4.90 Å². The lowest BCUT2D eigenvalue weighted by atomic mass is 10.1. The van der Waals surface area contributed by atoms with Gasteiger partial charge in [0.05, 0.1) is 11.1 Å². The van der Waals surface area contributed by atoms with Gasteiger partial charge < -0.3 is 5.32 Å². The van der Waals surface area contributed by atoms with Crippen LogP contribution in [0.5, 0.6) is 0 Å². The summed E-state index contributed by atoms with van der Waals surface area (Å²) in [6.45, 7) is 0.241. The molecule has 3 amide bonds. The van der Waals surface area contributed by atoms with Crippen LogP contribution in [0.2, 0.25) is 0 Å². The third kappa shape index (κ3) is 3.74. The third-order valence-corrected chi connectivity index (χ3v) is 4.78. The molecule has 5 nitrogen and oxygen atoms in total. The number of thioether (sulfide) groups is 1. The van der Waals surface area contributed by atoms with E-state index in [-0.39, 0.29) is 30.7 Å². The van der Waals surface area contributed by atoms with Crippen LogP contribution < -0.4 is 5.32 Å². The molecule has 1 N–H and O–H groups in total. The molecule has 0 aromatic heterocycles. The summed E-state index contributed by atoms with van der Waals surface area (Å²) in [7, 11) is 0. The molecular formula is C19H18N2O3S. The summed E-state index contributed by atoms with van der Waals surface area (Å²) < 4.78 is 0. The van der Waals surface area contributed by atoms with E-state index < -0.39 is 0 Å². The molecule has 3 rings (SSSR count). The quantitative estimate of drug-likeness (QED) is 0.638. The Morgan fingerprint density at radius 1 is 1.00 bits per heavy atom. The van der Waals surface area contributed by atoms with E-state index in [4.69, 9.17) is 0 Å². The first-order valence-corrected chi connectivity index (χ1v) is 9.22. The molecule has 0 fully saturated rings. The van der Waals surface area contributed by atoms with Gasteiger partial charge in [0, 0.05) is 23.5 Å². The van der Waals surface area contributed by atoms with Crippen molar-refractivity contribution in [2.75, 3.05) is 18.1 Å². The van der Waals surface area contributed by atoms with Gasteiger partial charge in [0.2, 0.25) is 5.91 Å². The minimum Gasteiger partial charge on any atom is -0.326 e. The predicted octanol–water partition coefficient (Wildman–Crippen LogP) is 3.42. The van der Waals surface area contributed by atoms with E-state index >= 15 is 0 Å². The Labute approximate surface area is 150 Å².